The van der Waals surface area contributed by atoms with Crippen molar-refractivity contribution in [1.29, 1.82) is 0 Å². The minimum Gasteiger partial charge on any atom is -0.398 e. The largest absolute Gasteiger partial charge is 0.398 e. The highest BCUT2D eigenvalue weighted by Crippen LogP contribution is 2.29. The highest BCUT2D eigenvalue weighted by atomic mass is 32.1. The monoisotopic (exact) mass is 208 g/mol. The second-order valence-electron chi connectivity index (χ2n) is 3.06. The van der Waals surface area contributed by atoms with Crippen LogP contribution in [0.5, 0.6) is 0 Å². The molecular formula is C10H9FN2S. The van der Waals surface area contributed by atoms with E-state index in [1.807, 2.05) is 13.0 Å². The summed E-state index contributed by atoms with van der Waals surface area (Å²) in [4.78, 5) is 0.972. The molecule has 2 nitrogen and oxygen atoms in total. The quantitative estimate of drug-likeness (QED) is 0.732. The lowest BCUT2D eigenvalue weighted by molar-refractivity contribution is 0.628. The van der Waals surface area contributed by atoms with E-state index in [1.165, 1.54) is 23.7 Å². The maximum absolute atomic E-state index is 12.8. The van der Waals surface area contributed by atoms with Crippen LogP contribution in [0.3, 0.4) is 0 Å². The van der Waals surface area contributed by atoms with Crippen molar-refractivity contribution >= 4 is 17.2 Å². The van der Waals surface area contributed by atoms with E-state index in [0.717, 1.165) is 16.1 Å². The molecule has 72 valence electrons. The third kappa shape index (κ3) is 1.61. The Labute approximate surface area is 85.4 Å². The SMILES string of the molecule is Cc1cc(-c2ccc(F)cc2N)sn1. The van der Waals surface area contributed by atoms with Gasteiger partial charge in [-0.25, -0.2) is 4.39 Å². The van der Waals surface area contributed by atoms with Gasteiger partial charge in [0.1, 0.15) is 5.82 Å². The molecule has 0 radical (unpaired) electrons. The first-order valence-corrected chi connectivity index (χ1v) is 4.93. The molecule has 0 bridgehead atoms. The Morgan fingerprint density at radius 3 is 2.71 bits per heavy atom. The molecule has 1 aromatic carbocycles. The summed E-state index contributed by atoms with van der Waals surface area (Å²) in [5.41, 5.74) is 7.95. The first kappa shape index (κ1) is 9.15. The van der Waals surface area contributed by atoms with E-state index >= 15 is 0 Å². The summed E-state index contributed by atoms with van der Waals surface area (Å²) in [6.07, 6.45) is 0. The average Bonchev–Trinajstić information content (AvgIpc) is 2.51. The molecule has 1 heterocycles. The van der Waals surface area contributed by atoms with Gasteiger partial charge in [0.05, 0.1) is 10.6 Å². The summed E-state index contributed by atoms with van der Waals surface area (Å²) in [5, 5.41) is 0. The van der Waals surface area contributed by atoms with Crippen molar-refractivity contribution in [3.8, 4) is 10.4 Å². The number of rotatable bonds is 1. The van der Waals surface area contributed by atoms with Crippen molar-refractivity contribution in [1.82, 2.24) is 4.37 Å². The maximum atomic E-state index is 12.8. The van der Waals surface area contributed by atoms with Gasteiger partial charge in [0.25, 0.3) is 0 Å². The predicted octanol–water partition coefficient (Wildman–Crippen LogP) is 2.84. The van der Waals surface area contributed by atoms with Crippen molar-refractivity contribution in [2.24, 2.45) is 0 Å². The number of aryl methyl sites for hydroxylation is 1. The number of nitrogens with two attached hydrogens (primary N) is 1. The van der Waals surface area contributed by atoms with E-state index in [0.29, 0.717) is 5.69 Å². The topological polar surface area (TPSA) is 38.9 Å². The Bertz CT molecular complexity index is 465. The summed E-state index contributed by atoms with van der Waals surface area (Å²) in [5.74, 6) is -0.313. The van der Waals surface area contributed by atoms with E-state index in [4.69, 9.17) is 5.73 Å². The Hall–Kier alpha value is -1.42. The fourth-order valence-electron chi connectivity index (χ4n) is 1.25. The van der Waals surface area contributed by atoms with E-state index in [9.17, 15) is 4.39 Å². The standard InChI is InChI=1S/C10H9FN2S/c1-6-4-10(14-13-6)8-3-2-7(11)5-9(8)12/h2-5H,12H2,1H3. The van der Waals surface area contributed by atoms with E-state index < -0.39 is 0 Å². The number of benzene rings is 1. The lowest BCUT2D eigenvalue weighted by Gasteiger charge is -2.01. The smallest absolute Gasteiger partial charge is 0.125 e. The number of nitrogen functional groups attached to an aromatic ring is 1. The molecule has 2 rings (SSSR count). The first-order valence-electron chi connectivity index (χ1n) is 4.15. The summed E-state index contributed by atoms with van der Waals surface area (Å²) >= 11 is 1.37. The number of aromatic nitrogens is 1. The normalized spacial score (nSPS) is 10.4. The molecule has 0 unspecified atom stereocenters. The van der Waals surface area contributed by atoms with E-state index in [1.54, 1.807) is 6.07 Å². The molecule has 0 fully saturated rings. The van der Waals surface area contributed by atoms with Gasteiger partial charge in [-0.15, -0.1) is 0 Å². The van der Waals surface area contributed by atoms with Gasteiger partial charge in [0, 0.05) is 11.3 Å². The predicted molar refractivity (Wildman–Crippen MR) is 56.7 cm³/mol. The molecule has 4 heteroatoms. The molecular weight excluding hydrogens is 199 g/mol. The molecule has 0 atom stereocenters. The van der Waals surface area contributed by atoms with Crippen LogP contribution in [0.4, 0.5) is 10.1 Å². The zero-order chi connectivity index (χ0) is 10.1. The fraction of sp³-hybridized carbons (Fsp3) is 0.100. The molecule has 0 saturated carbocycles. The lowest BCUT2D eigenvalue weighted by atomic mass is 10.1. The lowest BCUT2D eigenvalue weighted by Crippen LogP contribution is -1.89. The second-order valence-corrected chi connectivity index (χ2v) is 3.87. The van der Waals surface area contributed by atoms with Crippen molar-refractivity contribution in [2.45, 2.75) is 6.92 Å². The van der Waals surface area contributed by atoms with Crippen LogP contribution < -0.4 is 5.73 Å². The van der Waals surface area contributed by atoms with Gasteiger partial charge in [-0.3, -0.25) is 0 Å². The Kier molecular flexibility index (Phi) is 2.21. The van der Waals surface area contributed by atoms with Gasteiger partial charge >= 0.3 is 0 Å². The molecule has 2 aromatic rings. The third-order valence-corrected chi connectivity index (χ3v) is 2.82. The minimum absolute atomic E-state index is 0.313. The van der Waals surface area contributed by atoms with Gasteiger partial charge in [-0.1, -0.05) is 0 Å². The van der Waals surface area contributed by atoms with Crippen LogP contribution in [-0.4, -0.2) is 4.37 Å². The van der Waals surface area contributed by atoms with Crippen LogP contribution in [-0.2, 0) is 0 Å². The van der Waals surface area contributed by atoms with E-state index in [2.05, 4.69) is 4.37 Å². The van der Waals surface area contributed by atoms with Crippen molar-refractivity contribution in [3.63, 3.8) is 0 Å². The molecule has 14 heavy (non-hydrogen) atoms. The number of nitrogens with zero attached hydrogens (tertiary/aromatic N) is 1. The molecule has 0 aliphatic heterocycles. The highest BCUT2D eigenvalue weighted by molar-refractivity contribution is 7.09. The average molecular weight is 208 g/mol. The Balaban J connectivity index is 2.52. The van der Waals surface area contributed by atoms with Crippen LogP contribution >= 0.6 is 11.5 Å². The van der Waals surface area contributed by atoms with Crippen LogP contribution in [0, 0.1) is 12.7 Å². The van der Waals surface area contributed by atoms with Gasteiger partial charge in [-0.05, 0) is 42.7 Å². The Morgan fingerprint density at radius 2 is 2.14 bits per heavy atom. The second kappa shape index (κ2) is 3.38. The van der Waals surface area contributed by atoms with Crippen LogP contribution in [0.15, 0.2) is 24.3 Å². The van der Waals surface area contributed by atoms with Crippen molar-refractivity contribution < 1.29 is 4.39 Å². The highest BCUT2D eigenvalue weighted by Gasteiger charge is 2.06. The fourth-order valence-corrected chi connectivity index (χ4v) is 2.05. The maximum Gasteiger partial charge on any atom is 0.125 e. The van der Waals surface area contributed by atoms with Crippen LogP contribution in [0.1, 0.15) is 5.69 Å². The van der Waals surface area contributed by atoms with Gasteiger partial charge in [-0.2, -0.15) is 4.37 Å². The van der Waals surface area contributed by atoms with Gasteiger partial charge in [0.15, 0.2) is 0 Å². The summed E-state index contributed by atoms with van der Waals surface area (Å²) < 4.78 is 16.9. The van der Waals surface area contributed by atoms with Crippen molar-refractivity contribution in [2.75, 3.05) is 5.73 Å². The number of hydrogen-bond donors (Lipinski definition) is 1. The van der Waals surface area contributed by atoms with E-state index in [-0.39, 0.29) is 5.82 Å². The molecule has 0 amide bonds. The molecule has 0 spiro atoms. The molecule has 2 N–H and O–H groups in total. The summed E-state index contributed by atoms with van der Waals surface area (Å²) in [7, 11) is 0. The summed E-state index contributed by atoms with van der Waals surface area (Å²) in [6, 6.07) is 6.34. The van der Waals surface area contributed by atoms with Crippen molar-refractivity contribution in [3.05, 3.63) is 35.8 Å². The minimum atomic E-state index is -0.313. The first-order chi connectivity index (χ1) is 6.66. The van der Waals surface area contributed by atoms with Crippen LogP contribution in [0.25, 0.3) is 10.4 Å². The number of hydrogen-bond acceptors (Lipinski definition) is 3. The van der Waals surface area contributed by atoms with Crippen LogP contribution in [0.2, 0.25) is 0 Å². The van der Waals surface area contributed by atoms with Gasteiger partial charge < -0.3 is 5.73 Å². The number of halogens is 1. The molecule has 1 aromatic heterocycles. The number of anilines is 1. The molecule has 0 saturated heterocycles. The zero-order valence-electron chi connectivity index (χ0n) is 7.62. The third-order valence-electron chi connectivity index (χ3n) is 1.91. The Morgan fingerprint density at radius 1 is 1.36 bits per heavy atom. The summed E-state index contributed by atoms with van der Waals surface area (Å²) in [6.45, 7) is 1.92. The zero-order valence-corrected chi connectivity index (χ0v) is 8.44. The molecule has 0 aliphatic rings. The molecule has 0 aliphatic carbocycles. The van der Waals surface area contributed by atoms with Gasteiger partial charge in [0.2, 0.25) is 0 Å².